The maximum Gasteiger partial charge on any atom is 0.227 e. The van der Waals surface area contributed by atoms with Crippen LogP contribution >= 0.6 is 0 Å². The molecule has 0 saturated heterocycles. The summed E-state index contributed by atoms with van der Waals surface area (Å²) < 4.78 is 26.2. The second kappa shape index (κ2) is 5.55. The van der Waals surface area contributed by atoms with Crippen molar-refractivity contribution >= 4 is 5.91 Å². The zero-order chi connectivity index (χ0) is 12.1. The van der Waals surface area contributed by atoms with Crippen molar-refractivity contribution in [2.24, 2.45) is 5.73 Å². The van der Waals surface area contributed by atoms with Gasteiger partial charge in [-0.15, -0.1) is 0 Å². The first kappa shape index (κ1) is 12.6. The molecule has 0 bridgehead atoms. The Hall–Kier alpha value is -1.49. The summed E-state index contributed by atoms with van der Waals surface area (Å²) in [6.07, 6.45) is 0. The monoisotopic (exact) mass is 228 g/mol. The van der Waals surface area contributed by atoms with E-state index in [0.29, 0.717) is 13.1 Å². The number of benzene rings is 1. The fourth-order valence-electron chi connectivity index (χ4n) is 1.34. The van der Waals surface area contributed by atoms with Crippen LogP contribution in [0.3, 0.4) is 0 Å². The molecule has 0 saturated carbocycles. The summed E-state index contributed by atoms with van der Waals surface area (Å²) in [6, 6.07) is 3.06. The lowest BCUT2D eigenvalue weighted by Crippen LogP contribution is -2.32. The predicted molar refractivity (Wildman–Crippen MR) is 56.8 cm³/mol. The van der Waals surface area contributed by atoms with Gasteiger partial charge in [0.25, 0.3) is 0 Å². The third-order valence-electron chi connectivity index (χ3n) is 2.26. The smallest absolute Gasteiger partial charge is 0.227 e. The van der Waals surface area contributed by atoms with Gasteiger partial charge in [0, 0.05) is 18.7 Å². The van der Waals surface area contributed by atoms with E-state index in [-0.39, 0.29) is 11.5 Å². The molecule has 0 heterocycles. The van der Waals surface area contributed by atoms with Crippen molar-refractivity contribution in [3.05, 3.63) is 35.4 Å². The number of hydrogen-bond donors (Lipinski definition) is 2. The molecule has 1 rings (SSSR count). The Morgan fingerprint density at radius 1 is 1.50 bits per heavy atom. The van der Waals surface area contributed by atoms with Crippen molar-refractivity contribution in [1.82, 2.24) is 5.32 Å². The van der Waals surface area contributed by atoms with Crippen LogP contribution in [0.4, 0.5) is 8.78 Å². The summed E-state index contributed by atoms with van der Waals surface area (Å²) in [5, 5.41) is 2.52. The lowest BCUT2D eigenvalue weighted by Gasteiger charge is -2.12. The summed E-state index contributed by atoms with van der Waals surface area (Å²) in [6.45, 7) is 2.15. The maximum absolute atomic E-state index is 13.3. The molecule has 16 heavy (non-hydrogen) atoms. The van der Waals surface area contributed by atoms with Crippen LogP contribution in [0.15, 0.2) is 18.2 Å². The minimum atomic E-state index is -0.734. The molecule has 0 aromatic heterocycles. The molecule has 1 aromatic rings. The van der Waals surface area contributed by atoms with Crippen LogP contribution in [-0.4, -0.2) is 19.0 Å². The normalized spacial score (nSPS) is 12.2. The topological polar surface area (TPSA) is 55.1 Å². The van der Waals surface area contributed by atoms with Crippen LogP contribution in [-0.2, 0) is 4.79 Å². The summed E-state index contributed by atoms with van der Waals surface area (Å²) in [5.41, 5.74) is 5.27. The molecule has 0 spiro atoms. The van der Waals surface area contributed by atoms with Gasteiger partial charge in [0.05, 0.1) is 5.92 Å². The molecule has 0 radical (unpaired) electrons. The highest BCUT2D eigenvalue weighted by molar-refractivity contribution is 5.83. The molecule has 1 aromatic carbocycles. The lowest BCUT2D eigenvalue weighted by molar-refractivity contribution is -0.122. The second-order valence-corrected chi connectivity index (χ2v) is 3.47. The molecular weight excluding hydrogens is 214 g/mol. The van der Waals surface area contributed by atoms with E-state index in [1.165, 1.54) is 6.92 Å². The first-order valence-electron chi connectivity index (χ1n) is 4.99. The molecule has 0 aliphatic carbocycles. The standard InChI is InChI=1S/C11H14F2N2O/c1-7(11(16)15-5-4-14)9-6-8(12)2-3-10(9)13/h2-3,6-7H,4-5,14H2,1H3,(H,15,16). The quantitative estimate of drug-likeness (QED) is 0.812. The molecule has 0 fully saturated rings. The Bertz CT molecular complexity index is 382. The predicted octanol–water partition coefficient (Wildman–Crippen LogP) is 1.14. The number of carbonyl (C=O) groups excluding carboxylic acids is 1. The average molecular weight is 228 g/mol. The fourth-order valence-corrected chi connectivity index (χ4v) is 1.34. The molecule has 0 aliphatic heterocycles. The molecule has 5 heteroatoms. The average Bonchev–Trinajstić information content (AvgIpc) is 2.28. The molecule has 0 aliphatic rings. The zero-order valence-electron chi connectivity index (χ0n) is 8.97. The van der Waals surface area contributed by atoms with Crippen LogP contribution in [0.25, 0.3) is 0 Å². The molecular formula is C11H14F2N2O. The summed E-state index contributed by atoms with van der Waals surface area (Å²) in [5.74, 6) is -2.25. The van der Waals surface area contributed by atoms with E-state index in [1.807, 2.05) is 0 Å². The number of amides is 1. The zero-order valence-corrected chi connectivity index (χ0v) is 8.97. The fraction of sp³-hybridized carbons (Fsp3) is 0.364. The first-order valence-corrected chi connectivity index (χ1v) is 4.99. The number of carbonyl (C=O) groups is 1. The molecule has 1 unspecified atom stereocenters. The van der Waals surface area contributed by atoms with Crippen LogP contribution in [0.2, 0.25) is 0 Å². The van der Waals surface area contributed by atoms with Gasteiger partial charge in [-0.25, -0.2) is 8.78 Å². The second-order valence-electron chi connectivity index (χ2n) is 3.47. The van der Waals surface area contributed by atoms with E-state index in [4.69, 9.17) is 5.73 Å². The highest BCUT2D eigenvalue weighted by Gasteiger charge is 2.18. The summed E-state index contributed by atoms with van der Waals surface area (Å²) in [4.78, 5) is 11.5. The van der Waals surface area contributed by atoms with Crippen molar-refractivity contribution in [2.75, 3.05) is 13.1 Å². The van der Waals surface area contributed by atoms with Crippen LogP contribution in [0.5, 0.6) is 0 Å². The molecule has 1 atom stereocenters. The highest BCUT2D eigenvalue weighted by Crippen LogP contribution is 2.20. The van der Waals surface area contributed by atoms with Crippen LogP contribution in [0.1, 0.15) is 18.4 Å². The Labute approximate surface area is 92.6 Å². The Morgan fingerprint density at radius 2 is 2.19 bits per heavy atom. The van der Waals surface area contributed by atoms with Crippen molar-refractivity contribution in [3.63, 3.8) is 0 Å². The van der Waals surface area contributed by atoms with E-state index >= 15 is 0 Å². The van der Waals surface area contributed by atoms with Gasteiger partial charge in [-0.05, 0) is 25.1 Å². The van der Waals surface area contributed by atoms with E-state index in [2.05, 4.69) is 5.32 Å². The van der Waals surface area contributed by atoms with Gasteiger partial charge >= 0.3 is 0 Å². The lowest BCUT2D eigenvalue weighted by atomic mass is 9.99. The summed E-state index contributed by atoms with van der Waals surface area (Å²) >= 11 is 0. The number of nitrogens with one attached hydrogen (secondary N) is 1. The Morgan fingerprint density at radius 3 is 2.81 bits per heavy atom. The minimum Gasteiger partial charge on any atom is -0.354 e. The van der Waals surface area contributed by atoms with Crippen molar-refractivity contribution in [3.8, 4) is 0 Å². The number of hydrogen-bond acceptors (Lipinski definition) is 2. The number of halogens is 2. The third kappa shape index (κ3) is 3.00. The van der Waals surface area contributed by atoms with Crippen molar-refractivity contribution < 1.29 is 13.6 Å². The van der Waals surface area contributed by atoms with Gasteiger partial charge in [-0.1, -0.05) is 0 Å². The van der Waals surface area contributed by atoms with E-state index in [1.54, 1.807) is 0 Å². The summed E-state index contributed by atoms with van der Waals surface area (Å²) in [7, 11) is 0. The molecule has 3 nitrogen and oxygen atoms in total. The maximum atomic E-state index is 13.3. The minimum absolute atomic E-state index is 0.0505. The molecule has 1 amide bonds. The largest absolute Gasteiger partial charge is 0.354 e. The highest BCUT2D eigenvalue weighted by atomic mass is 19.1. The SMILES string of the molecule is CC(C(=O)NCCN)c1cc(F)ccc1F. The van der Waals surface area contributed by atoms with Crippen molar-refractivity contribution in [2.45, 2.75) is 12.8 Å². The molecule has 3 N–H and O–H groups in total. The third-order valence-corrected chi connectivity index (χ3v) is 2.26. The first-order chi connectivity index (χ1) is 7.56. The number of nitrogens with two attached hydrogens (primary N) is 1. The Balaban J connectivity index is 2.82. The van der Waals surface area contributed by atoms with Gasteiger partial charge < -0.3 is 11.1 Å². The van der Waals surface area contributed by atoms with Gasteiger partial charge in [-0.2, -0.15) is 0 Å². The van der Waals surface area contributed by atoms with Crippen LogP contribution < -0.4 is 11.1 Å². The van der Waals surface area contributed by atoms with Gasteiger partial charge in [0.2, 0.25) is 5.91 Å². The van der Waals surface area contributed by atoms with E-state index in [9.17, 15) is 13.6 Å². The van der Waals surface area contributed by atoms with Crippen molar-refractivity contribution in [1.29, 1.82) is 0 Å². The van der Waals surface area contributed by atoms with Gasteiger partial charge in [-0.3, -0.25) is 4.79 Å². The van der Waals surface area contributed by atoms with E-state index in [0.717, 1.165) is 18.2 Å². The van der Waals surface area contributed by atoms with Gasteiger partial charge in [0.1, 0.15) is 11.6 Å². The Kier molecular flexibility index (Phi) is 4.37. The van der Waals surface area contributed by atoms with Crippen LogP contribution in [0, 0.1) is 11.6 Å². The number of rotatable bonds is 4. The van der Waals surface area contributed by atoms with E-state index < -0.39 is 17.6 Å². The van der Waals surface area contributed by atoms with Gasteiger partial charge in [0.15, 0.2) is 0 Å². The molecule has 88 valence electrons.